The van der Waals surface area contributed by atoms with Gasteiger partial charge in [0.2, 0.25) is 0 Å². The van der Waals surface area contributed by atoms with E-state index in [1.807, 2.05) is 0 Å². The normalized spacial score (nSPS) is 16.1. The molecule has 2 amide bonds. The highest BCUT2D eigenvalue weighted by Crippen LogP contribution is 1.85. The fourth-order valence-corrected chi connectivity index (χ4v) is 0.440. The number of rotatable bonds is 0. The minimum absolute atomic E-state index is 0.495. The summed E-state index contributed by atoms with van der Waals surface area (Å²) >= 11 is 0. The summed E-state index contributed by atoms with van der Waals surface area (Å²) in [5, 5.41) is 2.17. The molecule has 1 saturated heterocycles. The lowest BCUT2D eigenvalue weighted by Crippen LogP contribution is -2.24. The molecule has 3 N–H and O–H groups in total. The molecule has 1 aliphatic rings. The largest absolute Gasteiger partial charge is 0.377 e. The SMILES string of the molecule is C1COCCO1.CNC(N)=O. The number of carbonyl (C=O) groups excluding carboxylic acids is 1. The fraction of sp³-hybridized carbons (Fsp3) is 0.833. The quantitative estimate of drug-likeness (QED) is 0.495. The second kappa shape index (κ2) is 7.30. The molecule has 0 aromatic rings. The maximum Gasteiger partial charge on any atom is 0.311 e. The van der Waals surface area contributed by atoms with Crippen LogP contribution >= 0.6 is 0 Å². The summed E-state index contributed by atoms with van der Waals surface area (Å²) in [4.78, 5) is 9.48. The van der Waals surface area contributed by atoms with Crippen LogP contribution in [0.4, 0.5) is 4.79 Å². The Bertz CT molecular complexity index is 92.5. The van der Waals surface area contributed by atoms with Crippen LogP contribution in [0.3, 0.4) is 0 Å². The number of carbonyl (C=O) groups is 1. The summed E-state index contributed by atoms with van der Waals surface area (Å²) in [6, 6.07) is -0.495. The summed E-state index contributed by atoms with van der Waals surface area (Å²) in [6.07, 6.45) is 0. The van der Waals surface area contributed by atoms with E-state index in [1.165, 1.54) is 7.05 Å². The number of hydrogen-bond acceptors (Lipinski definition) is 3. The molecule has 0 unspecified atom stereocenters. The van der Waals surface area contributed by atoms with E-state index in [2.05, 4.69) is 11.1 Å². The molecular weight excluding hydrogens is 148 g/mol. The van der Waals surface area contributed by atoms with E-state index in [9.17, 15) is 4.79 Å². The Morgan fingerprint density at radius 1 is 1.27 bits per heavy atom. The first-order chi connectivity index (χ1) is 5.27. The zero-order valence-electron chi connectivity index (χ0n) is 6.63. The van der Waals surface area contributed by atoms with Crippen molar-refractivity contribution in [1.29, 1.82) is 0 Å². The van der Waals surface area contributed by atoms with Gasteiger partial charge in [0.25, 0.3) is 0 Å². The van der Waals surface area contributed by atoms with E-state index in [0.29, 0.717) is 0 Å². The van der Waals surface area contributed by atoms with E-state index in [-0.39, 0.29) is 0 Å². The first-order valence-corrected chi connectivity index (χ1v) is 3.40. The minimum Gasteiger partial charge on any atom is -0.377 e. The molecule has 0 aromatic carbocycles. The Balaban J connectivity index is 0.000000187. The Labute approximate surface area is 65.8 Å². The average Bonchev–Trinajstić information content (AvgIpc) is 2.09. The minimum atomic E-state index is -0.495. The maximum atomic E-state index is 9.48. The second-order valence-electron chi connectivity index (χ2n) is 1.84. The smallest absolute Gasteiger partial charge is 0.311 e. The lowest BCUT2D eigenvalue weighted by Gasteiger charge is -2.09. The van der Waals surface area contributed by atoms with Gasteiger partial charge in [0.1, 0.15) is 0 Å². The molecule has 11 heavy (non-hydrogen) atoms. The fourth-order valence-electron chi connectivity index (χ4n) is 0.440. The van der Waals surface area contributed by atoms with E-state index >= 15 is 0 Å². The van der Waals surface area contributed by atoms with Crippen LogP contribution < -0.4 is 11.1 Å². The van der Waals surface area contributed by atoms with Gasteiger partial charge in [0, 0.05) is 7.05 Å². The van der Waals surface area contributed by atoms with Gasteiger partial charge in [-0.15, -0.1) is 0 Å². The second-order valence-corrected chi connectivity index (χ2v) is 1.84. The zero-order chi connectivity index (χ0) is 8.53. The number of amides is 2. The summed E-state index contributed by atoms with van der Waals surface area (Å²) in [7, 11) is 1.47. The van der Waals surface area contributed by atoms with Crippen molar-refractivity contribution in [3.05, 3.63) is 0 Å². The Kier molecular flexibility index (Phi) is 6.76. The lowest BCUT2D eigenvalue weighted by molar-refractivity contribution is -0.0334. The highest BCUT2D eigenvalue weighted by Gasteiger charge is 1.94. The number of hydrogen-bond donors (Lipinski definition) is 2. The van der Waals surface area contributed by atoms with Crippen LogP contribution in [0.5, 0.6) is 0 Å². The summed E-state index contributed by atoms with van der Waals surface area (Å²) in [5.74, 6) is 0. The number of ether oxygens (including phenoxy) is 2. The molecule has 0 saturated carbocycles. The van der Waals surface area contributed by atoms with Crippen molar-refractivity contribution in [3.63, 3.8) is 0 Å². The van der Waals surface area contributed by atoms with E-state index in [1.54, 1.807) is 0 Å². The van der Waals surface area contributed by atoms with Gasteiger partial charge in [0.15, 0.2) is 0 Å². The molecule has 0 aromatic heterocycles. The van der Waals surface area contributed by atoms with Crippen LogP contribution in [0.15, 0.2) is 0 Å². The number of nitrogens with one attached hydrogen (secondary N) is 1. The number of nitrogens with two attached hydrogens (primary N) is 1. The van der Waals surface area contributed by atoms with E-state index in [4.69, 9.17) is 9.47 Å². The van der Waals surface area contributed by atoms with Crippen molar-refractivity contribution < 1.29 is 14.3 Å². The maximum absolute atomic E-state index is 9.48. The van der Waals surface area contributed by atoms with Crippen molar-refractivity contribution in [2.75, 3.05) is 33.5 Å². The van der Waals surface area contributed by atoms with Crippen LogP contribution in [-0.2, 0) is 9.47 Å². The topological polar surface area (TPSA) is 73.6 Å². The molecule has 1 heterocycles. The Morgan fingerprint density at radius 3 is 1.64 bits per heavy atom. The highest BCUT2D eigenvalue weighted by atomic mass is 16.6. The average molecular weight is 162 g/mol. The number of primary amides is 1. The van der Waals surface area contributed by atoms with Gasteiger partial charge in [-0.1, -0.05) is 0 Å². The van der Waals surface area contributed by atoms with Crippen LogP contribution in [-0.4, -0.2) is 39.5 Å². The number of urea groups is 1. The van der Waals surface area contributed by atoms with Crippen LogP contribution in [0.25, 0.3) is 0 Å². The molecule has 5 heteroatoms. The predicted molar refractivity (Wildman–Crippen MR) is 40.3 cm³/mol. The molecular formula is C6H14N2O3. The monoisotopic (exact) mass is 162 g/mol. The van der Waals surface area contributed by atoms with Gasteiger partial charge in [-0.25, -0.2) is 4.79 Å². The van der Waals surface area contributed by atoms with Crippen molar-refractivity contribution in [3.8, 4) is 0 Å². The van der Waals surface area contributed by atoms with Gasteiger partial charge in [-0.2, -0.15) is 0 Å². The summed E-state index contributed by atoms with van der Waals surface area (Å²) in [6.45, 7) is 3.11. The molecule has 0 spiro atoms. The molecule has 1 rings (SSSR count). The van der Waals surface area contributed by atoms with Crippen LogP contribution in [0, 0.1) is 0 Å². The molecule has 0 bridgehead atoms. The molecule has 0 atom stereocenters. The van der Waals surface area contributed by atoms with Gasteiger partial charge in [0.05, 0.1) is 26.4 Å². The molecule has 66 valence electrons. The molecule has 5 nitrogen and oxygen atoms in total. The Morgan fingerprint density at radius 2 is 1.55 bits per heavy atom. The highest BCUT2D eigenvalue weighted by molar-refractivity contribution is 5.71. The zero-order valence-corrected chi connectivity index (χ0v) is 6.63. The summed E-state index contributed by atoms with van der Waals surface area (Å²) < 4.78 is 9.89. The van der Waals surface area contributed by atoms with Crippen molar-refractivity contribution >= 4 is 6.03 Å². The molecule has 0 radical (unpaired) electrons. The third-order valence-corrected chi connectivity index (χ3v) is 0.990. The van der Waals surface area contributed by atoms with Crippen LogP contribution in [0.1, 0.15) is 0 Å². The van der Waals surface area contributed by atoms with E-state index in [0.717, 1.165) is 26.4 Å². The van der Waals surface area contributed by atoms with Crippen LogP contribution in [0.2, 0.25) is 0 Å². The van der Waals surface area contributed by atoms with Crippen molar-refractivity contribution in [2.24, 2.45) is 5.73 Å². The van der Waals surface area contributed by atoms with E-state index < -0.39 is 6.03 Å². The standard InChI is InChI=1S/C4H8O2.C2H6N2O/c1-2-6-4-3-5-1;1-4-2(3)5/h1-4H2;1H3,(H3,3,4,5). The first kappa shape index (κ1) is 10.2. The van der Waals surface area contributed by atoms with Gasteiger partial charge in [-0.3, -0.25) is 0 Å². The van der Waals surface area contributed by atoms with Gasteiger partial charge >= 0.3 is 6.03 Å². The third kappa shape index (κ3) is 9.19. The third-order valence-electron chi connectivity index (χ3n) is 0.990. The molecule has 0 aliphatic carbocycles. The molecule has 1 aliphatic heterocycles. The van der Waals surface area contributed by atoms with Gasteiger partial charge in [-0.05, 0) is 0 Å². The van der Waals surface area contributed by atoms with Crippen molar-refractivity contribution in [2.45, 2.75) is 0 Å². The molecule has 1 fully saturated rings. The van der Waals surface area contributed by atoms with Crippen molar-refractivity contribution in [1.82, 2.24) is 5.32 Å². The summed E-state index contributed by atoms with van der Waals surface area (Å²) in [5.41, 5.74) is 4.54. The first-order valence-electron chi connectivity index (χ1n) is 3.40. The predicted octanol–water partition coefficient (Wildman–Crippen LogP) is -0.682. The van der Waals surface area contributed by atoms with Gasteiger partial charge < -0.3 is 20.5 Å². The lowest BCUT2D eigenvalue weighted by atomic mass is 10.6. The Hall–Kier alpha value is -0.810.